The third-order valence-corrected chi connectivity index (χ3v) is 3.66. The van der Waals surface area contributed by atoms with Crippen LogP contribution >= 0.6 is 0 Å². The molecule has 2 rings (SSSR count). The number of rotatable bonds is 1. The van der Waals surface area contributed by atoms with Crippen molar-refractivity contribution in [2.24, 2.45) is 5.41 Å². The molecule has 1 heterocycles. The number of hydrogen-bond donors (Lipinski definition) is 0. The lowest BCUT2D eigenvalue weighted by Crippen LogP contribution is -3.00. The predicted octanol–water partition coefficient (Wildman–Crippen LogP) is -0.0219. The van der Waals surface area contributed by atoms with Gasteiger partial charge in [-0.05, 0) is 11.8 Å². The zero-order valence-electron chi connectivity index (χ0n) is 11.3. The van der Waals surface area contributed by atoms with Gasteiger partial charge in [0.1, 0.15) is 18.8 Å². The van der Waals surface area contributed by atoms with Crippen molar-refractivity contribution >= 4 is 5.71 Å². The van der Waals surface area contributed by atoms with Gasteiger partial charge in [-0.25, -0.2) is 4.58 Å². The normalized spacial score (nSPS) is 23.8. The van der Waals surface area contributed by atoms with Gasteiger partial charge in [0.15, 0.2) is 5.71 Å². The summed E-state index contributed by atoms with van der Waals surface area (Å²) in [6.07, 6.45) is 8.63. The molecule has 2 aliphatic rings. The molecule has 0 saturated carbocycles. The van der Waals surface area contributed by atoms with Crippen molar-refractivity contribution in [3.8, 4) is 0 Å². The summed E-state index contributed by atoms with van der Waals surface area (Å²) < 4.78 is 8.02. The van der Waals surface area contributed by atoms with Crippen LogP contribution in [0, 0.1) is 5.41 Å². The largest absolute Gasteiger partial charge is 1.00 e. The van der Waals surface area contributed by atoms with E-state index in [1.807, 2.05) is 0 Å². The molecular formula is C14H24INO. The van der Waals surface area contributed by atoms with E-state index in [-0.39, 0.29) is 24.0 Å². The van der Waals surface area contributed by atoms with Gasteiger partial charge in [0.05, 0.1) is 7.11 Å². The van der Waals surface area contributed by atoms with Gasteiger partial charge in [-0.3, -0.25) is 0 Å². The van der Waals surface area contributed by atoms with E-state index in [2.05, 4.69) is 24.5 Å². The third kappa shape index (κ3) is 3.97. The van der Waals surface area contributed by atoms with Gasteiger partial charge in [-0.2, -0.15) is 0 Å². The summed E-state index contributed by atoms with van der Waals surface area (Å²) in [5.41, 5.74) is 1.85. The van der Waals surface area contributed by atoms with Gasteiger partial charge in [-0.1, -0.05) is 13.8 Å². The maximum absolute atomic E-state index is 5.46. The standard InChI is InChI=1S/C14H24NO.HI/c1-14(2)10-12(9-13(11-14)16-3)15-7-5-4-6-8-15;/h9H,4-8,10-11H2,1-3H3;1H/q+1;/p-1. The number of ether oxygens (including phenoxy) is 1. The Morgan fingerprint density at radius 1 is 1.12 bits per heavy atom. The Labute approximate surface area is 122 Å². The van der Waals surface area contributed by atoms with Crippen molar-refractivity contribution in [3.05, 3.63) is 11.8 Å². The molecule has 1 aliphatic carbocycles. The maximum Gasteiger partial charge on any atom is 0.179 e. The first-order chi connectivity index (χ1) is 7.61. The fourth-order valence-electron chi connectivity index (χ4n) is 2.83. The van der Waals surface area contributed by atoms with E-state index in [0.29, 0.717) is 5.41 Å². The smallest absolute Gasteiger partial charge is 0.179 e. The summed E-state index contributed by atoms with van der Waals surface area (Å²) in [6.45, 7) is 7.14. The molecule has 0 unspecified atom stereocenters. The van der Waals surface area contributed by atoms with Crippen molar-refractivity contribution in [1.82, 2.24) is 0 Å². The SMILES string of the molecule is COC1=CC(=[N+]2CCCCC2)CC(C)(C)C1.[I-]. The molecule has 1 saturated heterocycles. The van der Waals surface area contributed by atoms with E-state index in [1.165, 1.54) is 44.5 Å². The third-order valence-electron chi connectivity index (χ3n) is 3.66. The molecule has 3 heteroatoms. The van der Waals surface area contributed by atoms with Crippen LogP contribution in [-0.2, 0) is 4.74 Å². The zero-order chi connectivity index (χ0) is 11.6. The zero-order valence-corrected chi connectivity index (χ0v) is 13.4. The first-order valence-electron chi connectivity index (χ1n) is 6.46. The highest BCUT2D eigenvalue weighted by Crippen LogP contribution is 2.34. The summed E-state index contributed by atoms with van der Waals surface area (Å²) in [5, 5.41) is 0. The molecule has 0 aromatic carbocycles. The second-order valence-corrected chi connectivity index (χ2v) is 5.87. The number of nitrogens with zero attached hydrogens (tertiary/aromatic N) is 1. The van der Waals surface area contributed by atoms with Gasteiger partial charge < -0.3 is 28.7 Å². The van der Waals surface area contributed by atoms with E-state index in [9.17, 15) is 0 Å². The van der Waals surface area contributed by atoms with Crippen LogP contribution in [0.4, 0.5) is 0 Å². The number of methoxy groups -OCH3 is 1. The quantitative estimate of drug-likeness (QED) is 0.479. The second kappa shape index (κ2) is 6.21. The molecule has 1 aliphatic heterocycles. The highest BCUT2D eigenvalue weighted by Gasteiger charge is 2.31. The lowest BCUT2D eigenvalue weighted by molar-refractivity contribution is -0.538. The molecule has 2 nitrogen and oxygen atoms in total. The summed E-state index contributed by atoms with van der Waals surface area (Å²) >= 11 is 0. The molecule has 0 radical (unpaired) electrons. The molecule has 17 heavy (non-hydrogen) atoms. The first kappa shape index (κ1) is 15.0. The van der Waals surface area contributed by atoms with Crippen molar-refractivity contribution in [3.63, 3.8) is 0 Å². The Kier molecular flexibility index (Phi) is 5.48. The van der Waals surface area contributed by atoms with Crippen molar-refractivity contribution in [1.29, 1.82) is 0 Å². The Hall–Kier alpha value is -0.0600. The van der Waals surface area contributed by atoms with Crippen molar-refractivity contribution in [2.45, 2.75) is 46.0 Å². The van der Waals surface area contributed by atoms with Gasteiger partial charge in [0.2, 0.25) is 0 Å². The summed E-state index contributed by atoms with van der Waals surface area (Å²) in [6, 6.07) is 0. The predicted molar refractivity (Wildman–Crippen MR) is 67.0 cm³/mol. The van der Waals surface area contributed by atoms with E-state index in [4.69, 9.17) is 4.74 Å². The molecule has 0 aromatic rings. The summed E-state index contributed by atoms with van der Waals surface area (Å²) in [5.74, 6) is 1.15. The Morgan fingerprint density at radius 3 is 2.35 bits per heavy atom. The number of allylic oxidation sites excluding steroid dienone is 2. The van der Waals surface area contributed by atoms with Crippen LogP contribution in [0.15, 0.2) is 11.8 Å². The molecule has 0 atom stereocenters. The number of hydrogen-bond acceptors (Lipinski definition) is 1. The fraction of sp³-hybridized carbons (Fsp3) is 0.786. The molecule has 0 bridgehead atoms. The van der Waals surface area contributed by atoms with Crippen molar-refractivity contribution in [2.75, 3.05) is 20.2 Å². The van der Waals surface area contributed by atoms with Crippen LogP contribution in [0.25, 0.3) is 0 Å². The summed E-state index contributed by atoms with van der Waals surface area (Å²) in [7, 11) is 1.79. The topological polar surface area (TPSA) is 12.2 Å². The average Bonchev–Trinajstić information content (AvgIpc) is 2.28. The Bertz CT molecular complexity index is 323. The molecule has 0 N–H and O–H groups in total. The van der Waals surface area contributed by atoms with Crippen LogP contribution in [0.2, 0.25) is 0 Å². The molecule has 98 valence electrons. The van der Waals surface area contributed by atoms with E-state index < -0.39 is 0 Å². The van der Waals surface area contributed by atoms with Crippen LogP contribution in [0.1, 0.15) is 46.0 Å². The van der Waals surface area contributed by atoms with Gasteiger partial charge in [-0.15, -0.1) is 0 Å². The van der Waals surface area contributed by atoms with Crippen molar-refractivity contribution < 1.29 is 33.3 Å². The molecule has 1 fully saturated rings. The van der Waals surface area contributed by atoms with Crippen LogP contribution < -0.4 is 24.0 Å². The highest BCUT2D eigenvalue weighted by atomic mass is 127. The van der Waals surface area contributed by atoms with Gasteiger partial charge in [0, 0.05) is 31.8 Å². The second-order valence-electron chi connectivity index (χ2n) is 5.87. The van der Waals surface area contributed by atoms with E-state index in [1.54, 1.807) is 7.11 Å². The van der Waals surface area contributed by atoms with E-state index >= 15 is 0 Å². The maximum atomic E-state index is 5.46. The minimum Gasteiger partial charge on any atom is -1.00 e. The fourth-order valence-corrected chi connectivity index (χ4v) is 2.83. The molecule has 0 aromatic heterocycles. The molecule has 0 amide bonds. The van der Waals surface area contributed by atoms with E-state index in [0.717, 1.165) is 12.2 Å². The Balaban J connectivity index is 0.00000144. The first-order valence-corrected chi connectivity index (χ1v) is 6.46. The Morgan fingerprint density at radius 2 is 1.76 bits per heavy atom. The lowest BCUT2D eigenvalue weighted by Gasteiger charge is -2.29. The monoisotopic (exact) mass is 349 g/mol. The highest BCUT2D eigenvalue weighted by molar-refractivity contribution is 5.92. The minimum atomic E-state index is 0. The van der Waals surface area contributed by atoms with Gasteiger partial charge in [0.25, 0.3) is 0 Å². The molecular weight excluding hydrogens is 325 g/mol. The average molecular weight is 349 g/mol. The van der Waals surface area contributed by atoms with Crippen LogP contribution in [0.3, 0.4) is 0 Å². The summed E-state index contributed by atoms with van der Waals surface area (Å²) in [4.78, 5) is 0. The number of halogens is 1. The lowest BCUT2D eigenvalue weighted by atomic mass is 9.79. The number of piperidine rings is 1. The minimum absolute atomic E-state index is 0. The molecule has 0 spiro atoms. The van der Waals surface area contributed by atoms with Crippen LogP contribution in [-0.4, -0.2) is 30.5 Å². The van der Waals surface area contributed by atoms with Crippen LogP contribution in [0.5, 0.6) is 0 Å². The van der Waals surface area contributed by atoms with Gasteiger partial charge >= 0.3 is 0 Å².